The van der Waals surface area contributed by atoms with Crippen LogP contribution in [0, 0.1) is 0 Å². The lowest BCUT2D eigenvalue weighted by atomic mass is 10.1. The minimum absolute atomic E-state index is 0.135. The highest BCUT2D eigenvalue weighted by Gasteiger charge is 2.37. The van der Waals surface area contributed by atoms with E-state index in [1.54, 1.807) is 11.8 Å². The second-order valence-corrected chi connectivity index (χ2v) is 5.09. The van der Waals surface area contributed by atoms with Crippen LogP contribution in [0.2, 0.25) is 0 Å². The zero-order valence-corrected chi connectivity index (χ0v) is 12.5. The van der Waals surface area contributed by atoms with Crippen molar-refractivity contribution in [1.29, 1.82) is 0 Å². The predicted molar refractivity (Wildman–Crippen MR) is 77.3 cm³/mol. The van der Waals surface area contributed by atoms with Crippen LogP contribution in [0.1, 0.15) is 24.2 Å². The van der Waals surface area contributed by atoms with E-state index in [0.29, 0.717) is 5.71 Å². The van der Waals surface area contributed by atoms with Crippen molar-refractivity contribution in [2.45, 2.75) is 25.7 Å². The topological polar surface area (TPSA) is 93.4 Å². The van der Waals surface area contributed by atoms with Crippen molar-refractivity contribution in [1.82, 2.24) is 19.9 Å². The van der Waals surface area contributed by atoms with E-state index in [1.165, 1.54) is 24.9 Å². The SMILES string of the molecule is CC1C(c2ncco2)=NC(N)=CN1Cc1nccnc1C(F)(F)F. The van der Waals surface area contributed by atoms with Crippen molar-refractivity contribution in [3.05, 3.63) is 54.2 Å². The number of nitrogens with two attached hydrogens (primary N) is 1. The van der Waals surface area contributed by atoms with Crippen LogP contribution >= 0.6 is 0 Å². The number of rotatable bonds is 3. The fraction of sp³-hybridized carbons (Fsp3) is 0.286. The summed E-state index contributed by atoms with van der Waals surface area (Å²) in [6, 6.07) is -0.404. The molecule has 1 unspecified atom stereocenters. The number of alkyl halides is 3. The van der Waals surface area contributed by atoms with Crippen molar-refractivity contribution in [3.63, 3.8) is 0 Å². The fourth-order valence-electron chi connectivity index (χ4n) is 2.35. The van der Waals surface area contributed by atoms with Gasteiger partial charge in [-0.3, -0.25) is 4.98 Å². The lowest BCUT2D eigenvalue weighted by Gasteiger charge is -2.31. The Bertz CT molecular complexity index is 784. The van der Waals surface area contributed by atoms with Gasteiger partial charge in [0, 0.05) is 18.6 Å². The van der Waals surface area contributed by atoms with Gasteiger partial charge in [-0.1, -0.05) is 0 Å². The third kappa shape index (κ3) is 3.07. The van der Waals surface area contributed by atoms with Gasteiger partial charge >= 0.3 is 6.18 Å². The maximum atomic E-state index is 13.1. The Kier molecular flexibility index (Phi) is 3.96. The number of aliphatic imine (C=N–C) groups is 1. The maximum Gasteiger partial charge on any atom is 0.435 e. The normalized spacial score (nSPS) is 18.3. The van der Waals surface area contributed by atoms with Crippen LogP contribution in [0.25, 0.3) is 0 Å². The average Bonchev–Trinajstić information content (AvgIpc) is 3.04. The highest BCUT2D eigenvalue weighted by atomic mass is 19.4. The Morgan fingerprint density at radius 3 is 2.62 bits per heavy atom. The van der Waals surface area contributed by atoms with Gasteiger partial charge in [-0.15, -0.1) is 0 Å². The van der Waals surface area contributed by atoms with Crippen LogP contribution in [0.4, 0.5) is 13.2 Å². The van der Waals surface area contributed by atoms with Gasteiger partial charge in [-0.05, 0) is 6.92 Å². The van der Waals surface area contributed by atoms with E-state index in [9.17, 15) is 13.2 Å². The molecule has 0 saturated carbocycles. The highest BCUT2D eigenvalue weighted by Crippen LogP contribution is 2.30. The van der Waals surface area contributed by atoms with Gasteiger partial charge < -0.3 is 15.1 Å². The predicted octanol–water partition coefficient (Wildman–Crippen LogP) is 1.93. The molecule has 0 bridgehead atoms. The summed E-state index contributed by atoms with van der Waals surface area (Å²) in [6.07, 6.45) is 1.94. The second kappa shape index (κ2) is 5.95. The molecule has 126 valence electrons. The minimum atomic E-state index is -4.59. The standard InChI is InChI=1S/C14H13F3N6O/c1-8-11(13-21-4-5-24-13)22-10(18)7-23(8)6-9-12(14(15,16)17)20-3-2-19-9/h2-5,7-8H,6,18H2,1H3. The van der Waals surface area contributed by atoms with E-state index in [2.05, 4.69) is 19.9 Å². The van der Waals surface area contributed by atoms with Crippen LogP contribution < -0.4 is 5.73 Å². The molecule has 2 aromatic heterocycles. The summed E-state index contributed by atoms with van der Waals surface area (Å²) < 4.78 is 44.4. The van der Waals surface area contributed by atoms with Crippen LogP contribution in [-0.2, 0) is 12.7 Å². The highest BCUT2D eigenvalue weighted by molar-refractivity contribution is 6.01. The van der Waals surface area contributed by atoms with Gasteiger partial charge in [-0.25, -0.2) is 15.0 Å². The molecule has 1 atom stereocenters. The molecule has 0 aliphatic carbocycles. The van der Waals surface area contributed by atoms with Crippen LogP contribution in [-0.4, -0.2) is 31.6 Å². The van der Waals surface area contributed by atoms with Crippen molar-refractivity contribution < 1.29 is 17.6 Å². The van der Waals surface area contributed by atoms with Crippen molar-refractivity contribution in [2.75, 3.05) is 0 Å². The Morgan fingerprint density at radius 1 is 1.21 bits per heavy atom. The van der Waals surface area contributed by atoms with E-state index in [-0.39, 0.29) is 24.0 Å². The Labute approximate surface area is 134 Å². The zero-order chi connectivity index (χ0) is 17.3. The Morgan fingerprint density at radius 2 is 1.96 bits per heavy atom. The molecule has 0 fully saturated rings. The molecule has 0 radical (unpaired) electrons. The van der Waals surface area contributed by atoms with Gasteiger partial charge in [0.15, 0.2) is 5.69 Å². The summed E-state index contributed by atoms with van der Waals surface area (Å²) in [5, 5.41) is 0. The van der Waals surface area contributed by atoms with Crippen LogP contribution in [0.5, 0.6) is 0 Å². The first kappa shape index (κ1) is 16.0. The van der Waals surface area contributed by atoms with Gasteiger partial charge in [-0.2, -0.15) is 13.2 Å². The maximum absolute atomic E-state index is 13.1. The molecule has 3 rings (SSSR count). The molecule has 0 aromatic carbocycles. The van der Waals surface area contributed by atoms with Gasteiger partial charge in [0.1, 0.15) is 17.8 Å². The molecule has 0 saturated heterocycles. The fourth-order valence-corrected chi connectivity index (χ4v) is 2.35. The van der Waals surface area contributed by atoms with Crippen molar-refractivity contribution in [2.24, 2.45) is 10.7 Å². The van der Waals surface area contributed by atoms with E-state index in [0.717, 1.165) is 6.20 Å². The van der Waals surface area contributed by atoms with Crippen molar-refractivity contribution in [3.8, 4) is 0 Å². The third-order valence-electron chi connectivity index (χ3n) is 3.47. The molecule has 7 nitrogen and oxygen atoms in total. The number of hydrogen-bond donors (Lipinski definition) is 1. The molecular formula is C14H13F3N6O. The average molecular weight is 338 g/mol. The molecule has 2 N–H and O–H groups in total. The molecule has 10 heteroatoms. The summed E-state index contributed by atoms with van der Waals surface area (Å²) >= 11 is 0. The number of oxazole rings is 1. The molecule has 1 aliphatic heterocycles. The first-order valence-corrected chi connectivity index (χ1v) is 6.95. The monoisotopic (exact) mass is 338 g/mol. The molecule has 24 heavy (non-hydrogen) atoms. The second-order valence-electron chi connectivity index (χ2n) is 5.09. The molecule has 2 aromatic rings. The number of halogens is 3. The third-order valence-corrected chi connectivity index (χ3v) is 3.47. The molecule has 3 heterocycles. The summed E-state index contributed by atoms with van der Waals surface area (Å²) in [4.78, 5) is 17.0. The van der Waals surface area contributed by atoms with Gasteiger partial charge in [0.25, 0.3) is 0 Å². The molecule has 0 spiro atoms. The van der Waals surface area contributed by atoms with Crippen molar-refractivity contribution >= 4 is 5.71 Å². The summed E-state index contributed by atoms with van der Waals surface area (Å²) in [5.74, 6) is 0.400. The molecule has 0 amide bonds. The first-order chi connectivity index (χ1) is 11.4. The molecular weight excluding hydrogens is 325 g/mol. The van der Waals surface area contributed by atoms with Gasteiger partial charge in [0.05, 0.1) is 24.5 Å². The smallest absolute Gasteiger partial charge is 0.435 e. The summed E-state index contributed by atoms with van der Waals surface area (Å²) in [7, 11) is 0. The number of nitrogens with zero attached hydrogens (tertiary/aromatic N) is 5. The van der Waals surface area contributed by atoms with E-state index in [4.69, 9.17) is 10.2 Å². The lowest BCUT2D eigenvalue weighted by Crippen LogP contribution is -2.39. The van der Waals surface area contributed by atoms with Crippen LogP contribution in [0.15, 0.2) is 46.3 Å². The largest absolute Gasteiger partial charge is 0.444 e. The van der Waals surface area contributed by atoms with E-state index >= 15 is 0 Å². The van der Waals surface area contributed by atoms with E-state index < -0.39 is 17.9 Å². The number of aromatic nitrogens is 3. The Balaban J connectivity index is 1.91. The molecule has 1 aliphatic rings. The first-order valence-electron chi connectivity index (χ1n) is 6.95. The van der Waals surface area contributed by atoms with Crippen LogP contribution in [0.3, 0.4) is 0 Å². The minimum Gasteiger partial charge on any atom is -0.444 e. The van der Waals surface area contributed by atoms with Gasteiger partial charge in [0.2, 0.25) is 5.89 Å². The number of hydrogen-bond acceptors (Lipinski definition) is 7. The quantitative estimate of drug-likeness (QED) is 0.919. The zero-order valence-electron chi connectivity index (χ0n) is 12.5. The lowest BCUT2D eigenvalue weighted by molar-refractivity contribution is -0.142. The van der Waals surface area contributed by atoms with E-state index in [1.807, 2.05) is 0 Å². The Hall–Kier alpha value is -2.91. The summed E-state index contributed by atoms with van der Waals surface area (Å²) in [5.41, 5.74) is 4.97. The summed E-state index contributed by atoms with van der Waals surface area (Å²) in [6.45, 7) is 1.62.